The normalized spacial score (nSPS) is 11.2. The molecule has 32 heavy (non-hydrogen) atoms. The van der Waals surface area contributed by atoms with Gasteiger partial charge in [-0.15, -0.1) is 10.2 Å². The molecular weight excluding hydrogens is 416 g/mol. The minimum absolute atomic E-state index is 0.0861. The number of nitrogens with zero attached hydrogens (tertiary/aromatic N) is 4. The van der Waals surface area contributed by atoms with E-state index in [4.69, 9.17) is 0 Å². The van der Waals surface area contributed by atoms with E-state index in [-0.39, 0.29) is 5.78 Å². The molecule has 0 fully saturated rings. The van der Waals surface area contributed by atoms with Gasteiger partial charge in [-0.25, -0.2) is 0 Å². The van der Waals surface area contributed by atoms with Gasteiger partial charge in [-0.1, -0.05) is 60.3 Å². The molecule has 0 amide bonds. The van der Waals surface area contributed by atoms with Crippen molar-refractivity contribution < 1.29 is 4.79 Å². The van der Waals surface area contributed by atoms with Gasteiger partial charge in [0.2, 0.25) is 0 Å². The van der Waals surface area contributed by atoms with Crippen LogP contribution in [-0.2, 0) is 0 Å². The molecular formula is C26H22N4OS. The largest absolute Gasteiger partial charge is 0.318 e. The minimum atomic E-state index is 0.0861. The Bertz CT molecular complexity index is 1400. The van der Waals surface area contributed by atoms with E-state index in [2.05, 4.69) is 51.2 Å². The van der Waals surface area contributed by atoms with Crippen molar-refractivity contribution in [3.63, 3.8) is 0 Å². The fourth-order valence-electron chi connectivity index (χ4n) is 4.00. The first kappa shape index (κ1) is 20.3. The number of fused-ring (bicyclic) bond motifs is 1. The van der Waals surface area contributed by atoms with E-state index >= 15 is 0 Å². The van der Waals surface area contributed by atoms with Crippen molar-refractivity contribution in [2.75, 3.05) is 5.75 Å². The predicted octanol–water partition coefficient (Wildman–Crippen LogP) is 5.78. The van der Waals surface area contributed by atoms with Crippen LogP contribution >= 0.6 is 11.8 Å². The maximum absolute atomic E-state index is 13.0. The van der Waals surface area contributed by atoms with E-state index in [0.29, 0.717) is 5.75 Å². The summed E-state index contributed by atoms with van der Waals surface area (Å²) in [6.07, 6.45) is 1.91. The fraction of sp³-hybridized carbons (Fsp3) is 0.115. The Balaban J connectivity index is 1.37. The molecule has 0 unspecified atom stereocenters. The average molecular weight is 439 g/mol. The first-order valence-corrected chi connectivity index (χ1v) is 11.4. The van der Waals surface area contributed by atoms with Gasteiger partial charge >= 0.3 is 0 Å². The smallest absolute Gasteiger partial charge is 0.196 e. The topological polar surface area (TPSA) is 52.2 Å². The van der Waals surface area contributed by atoms with Gasteiger partial charge in [0.05, 0.1) is 5.75 Å². The quantitative estimate of drug-likeness (QED) is 0.249. The summed E-state index contributed by atoms with van der Waals surface area (Å²) in [7, 11) is 0. The molecule has 0 aliphatic carbocycles. The Morgan fingerprint density at radius 1 is 0.875 bits per heavy atom. The van der Waals surface area contributed by atoms with Crippen LogP contribution in [0.15, 0.2) is 90.2 Å². The molecule has 0 aliphatic heterocycles. The second-order valence-corrected chi connectivity index (χ2v) is 8.60. The zero-order valence-corrected chi connectivity index (χ0v) is 18.7. The Kier molecular flexibility index (Phi) is 5.37. The molecule has 158 valence electrons. The summed E-state index contributed by atoms with van der Waals surface area (Å²) < 4.78 is 4.04. The molecule has 5 rings (SSSR count). The highest BCUT2D eigenvalue weighted by Gasteiger charge is 2.18. The SMILES string of the molecule is Cc1cc(C(=O)CSc2nnc3ccccn23)c(C)n1-c1ccc(-c2ccccc2)cc1. The summed E-state index contributed by atoms with van der Waals surface area (Å²) in [5.74, 6) is 0.398. The fourth-order valence-corrected chi connectivity index (χ4v) is 4.81. The highest BCUT2D eigenvalue weighted by Crippen LogP contribution is 2.26. The lowest BCUT2D eigenvalue weighted by Crippen LogP contribution is -2.06. The molecule has 0 saturated carbocycles. The van der Waals surface area contributed by atoms with E-state index in [1.807, 2.05) is 66.9 Å². The van der Waals surface area contributed by atoms with Gasteiger partial charge in [0.15, 0.2) is 16.6 Å². The van der Waals surface area contributed by atoms with Crippen molar-refractivity contribution in [1.29, 1.82) is 0 Å². The molecule has 3 aromatic heterocycles. The molecule has 2 aromatic carbocycles. The number of pyridine rings is 1. The highest BCUT2D eigenvalue weighted by molar-refractivity contribution is 7.99. The zero-order valence-electron chi connectivity index (χ0n) is 17.9. The molecule has 3 heterocycles. The molecule has 0 spiro atoms. The lowest BCUT2D eigenvalue weighted by Gasteiger charge is -2.11. The summed E-state index contributed by atoms with van der Waals surface area (Å²) >= 11 is 1.41. The number of thioether (sulfide) groups is 1. The van der Waals surface area contributed by atoms with Crippen LogP contribution in [0.2, 0.25) is 0 Å². The Hall–Kier alpha value is -3.64. The minimum Gasteiger partial charge on any atom is -0.318 e. The third-order valence-corrected chi connectivity index (χ3v) is 6.52. The average Bonchev–Trinajstić information content (AvgIpc) is 3.38. The molecule has 5 nitrogen and oxygen atoms in total. The van der Waals surface area contributed by atoms with Gasteiger partial charge in [-0.2, -0.15) is 0 Å². The summed E-state index contributed by atoms with van der Waals surface area (Å²) in [5.41, 5.74) is 6.92. The van der Waals surface area contributed by atoms with Crippen LogP contribution in [0.25, 0.3) is 22.5 Å². The maximum Gasteiger partial charge on any atom is 0.196 e. The van der Waals surface area contributed by atoms with Crippen molar-refractivity contribution in [2.45, 2.75) is 19.0 Å². The zero-order chi connectivity index (χ0) is 22.1. The first-order valence-electron chi connectivity index (χ1n) is 10.4. The van der Waals surface area contributed by atoms with Crippen molar-refractivity contribution in [2.24, 2.45) is 0 Å². The van der Waals surface area contributed by atoms with Crippen LogP contribution in [-0.4, -0.2) is 30.7 Å². The maximum atomic E-state index is 13.0. The summed E-state index contributed by atoms with van der Waals surface area (Å²) in [6, 6.07) is 26.5. The van der Waals surface area contributed by atoms with Crippen LogP contribution in [0.4, 0.5) is 0 Å². The number of aromatic nitrogens is 4. The molecule has 0 atom stereocenters. The standard InChI is InChI=1S/C26H22N4OS/c1-18-16-23(24(31)17-32-26-28-27-25-10-6-7-15-29(25)26)19(2)30(18)22-13-11-21(12-14-22)20-8-4-3-5-9-20/h3-16H,17H2,1-2H3. The monoisotopic (exact) mass is 438 g/mol. The number of carbonyl (C=O) groups excluding carboxylic acids is 1. The predicted molar refractivity (Wildman–Crippen MR) is 129 cm³/mol. The molecule has 0 saturated heterocycles. The van der Waals surface area contributed by atoms with Crippen molar-refractivity contribution in [3.05, 3.63) is 102 Å². The molecule has 6 heteroatoms. The van der Waals surface area contributed by atoms with Crippen LogP contribution < -0.4 is 0 Å². The van der Waals surface area contributed by atoms with Crippen LogP contribution in [0.5, 0.6) is 0 Å². The Morgan fingerprint density at radius 3 is 2.38 bits per heavy atom. The van der Waals surface area contributed by atoms with Crippen molar-refractivity contribution in [3.8, 4) is 16.8 Å². The molecule has 0 bridgehead atoms. The number of rotatable bonds is 6. The molecule has 0 aliphatic rings. The summed E-state index contributed by atoms with van der Waals surface area (Å²) in [5, 5.41) is 9.08. The van der Waals surface area contributed by atoms with Gasteiger partial charge in [-0.05, 0) is 55.3 Å². The first-order chi connectivity index (χ1) is 15.6. The summed E-state index contributed by atoms with van der Waals surface area (Å²) in [6.45, 7) is 4.04. The Labute approximate surface area is 190 Å². The van der Waals surface area contributed by atoms with E-state index in [1.165, 1.54) is 22.9 Å². The van der Waals surface area contributed by atoms with Crippen LogP contribution in [0.1, 0.15) is 21.7 Å². The van der Waals surface area contributed by atoms with Crippen molar-refractivity contribution in [1.82, 2.24) is 19.2 Å². The number of hydrogen-bond acceptors (Lipinski definition) is 4. The second kappa shape index (κ2) is 8.48. The van der Waals surface area contributed by atoms with Gasteiger partial charge in [0.25, 0.3) is 0 Å². The number of Topliss-reactive ketones (excluding diaryl/α,β-unsaturated/α-hetero) is 1. The van der Waals surface area contributed by atoms with Crippen LogP contribution in [0.3, 0.4) is 0 Å². The Morgan fingerprint density at radius 2 is 1.59 bits per heavy atom. The van der Waals surface area contributed by atoms with Gasteiger partial charge < -0.3 is 4.57 Å². The molecule has 5 aromatic rings. The van der Waals surface area contributed by atoms with Crippen molar-refractivity contribution >= 4 is 23.2 Å². The number of benzene rings is 2. The lowest BCUT2D eigenvalue weighted by atomic mass is 10.1. The second-order valence-electron chi connectivity index (χ2n) is 7.66. The highest BCUT2D eigenvalue weighted by atomic mass is 32.2. The van der Waals surface area contributed by atoms with Crippen LogP contribution in [0, 0.1) is 13.8 Å². The lowest BCUT2D eigenvalue weighted by molar-refractivity contribution is 0.102. The number of aryl methyl sites for hydroxylation is 1. The number of hydrogen-bond donors (Lipinski definition) is 0. The van der Waals surface area contributed by atoms with E-state index in [1.54, 1.807) is 0 Å². The third kappa shape index (κ3) is 3.74. The number of carbonyl (C=O) groups is 1. The molecule has 0 N–H and O–H groups in total. The van der Waals surface area contributed by atoms with Gasteiger partial charge in [-0.3, -0.25) is 9.20 Å². The molecule has 0 radical (unpaired) electrons. The van der Waals surface area contributed by atoms with E-state index in [9.17, 15) is 4.79 Å². The number of ketones is 1. The summed E-state index contributed by atoms with van der Waals surface area (Å²) in [4.78, 5) is 13.0. The van der Waals surface area contributed by atoms with E-state index in [0.717, 1.165) is 33.4 Å². The van der Waals surface area contributed by atoms with Gasteiger partial charge in [0.1, 0.15) is 0 Å². The third-order valence-electron chi connectivity index (χ3n) is 5.58. The van der Waals surface area contributed by atoms with Gasteiger partial charge in [0, 0.05) is 28.8 Å². The van der Waals surface area contributed by atoms with E-state index < -0.39 is 0 Å².